The summed E-state index contributed by atoms with van der Waals surface area (Å²) in [6.07, 6.45) is 3.81. The van der Waals surface area contributed by atoms with E-state index in [0.29, 0.717) is 6.04 Å². The predicted molar refractivity (Wildman–Crippen MR) is 59.6 cm³/mol. The molecule has 1 N–H and O–H groups in total. The van der Waals surface area contributed by atoms with Crippen molar-refractivity contribution in [2.24, 2.45) is 7.05 Å². The van der Waals surface area contributed by atoms with Gasteiger partial charge in [-0.05, 0) is 29.3 Å². The van der Waals surface area contributed by atoms with Crippen molar-refractivity contribution in [3.8, 4) is 0 Å². The number of aromatic nitrogens is 2. The minimum Gasteiger partial charge on any atom is -0.376 e. The second kappa shape index (κ2) is 3.84. The molecule has 0 aliphatic heterocycles. The maximum Gasteiger partial charge on any atom is 0.0731 e. The summed E-state index contributed by atoms with van der Waals surface area (Å²) in [5.41, 5.74) is 2.38. The van der Waals surface area contributed by atoms with Gasteiger partial charge in [-0.15, -0.1) is 0 Å². The fourth-order valence-corrected chi connectivity index (χ4v) is 2.10. The summed E-state index contributed by atoms with van der Waals surface area (Å²) in [5.74, 6) is 0. The van der Waals surface area contributed by atoms with Crippen molar-refractivity contribution in [1.82, 2.24) is 9.78 Å². The number of hydrogen-bond acceptors (Lipinski definition) is 3. The van der Waals surface area contributed by atoms with Crippen molar-refractivity contribution in [1.29, 1.82) is 0 Å². The first-order valence-electron chi connectivity index (χ1n) is 4.53. The van der Waals surface area contributed by atoms with Gasteiger partial charge in [0.2, 0.25) is 0 Å². The van der Waals surface area contributed by atoms with Crippen molar-refractivity contribution in [3.05, 3.63) is 34.8 Å². The van der Waals surface area contributed by atoms with Crippen LogP contribution in [0.2, 0.25) is 0 Å². The summed E-state index contributed by atoms with van der Waals surface area (Å²) in [5, 5.41) is 11.8. The van der Waals surface area contributed by atoms with Gasteiger partial charge < -0.3 is 5.32 Å². The van der Waals surface area contributed by atoms with Crippen LogP contribution >= 0.6 is 11.3 Å². The van der Waals surface area contributed by atoms with E-state index in [1.807, 2.05) is 19.4 Å². The molecule has 4 heteroatoms. The highest BCUT2D eigenvalue weighted by Crippen LogP contribution is 2.20. The molecule has 0 bridgehead atoms. The summed E-state index contributed by atoms with van der Waals surface area (Å²) >= 11 is 1.72. The van der Waals surface area contributed by atoms with E-state index in [9.17, 15) is 0 Å². The quantitative estimate of drug-likeness (QED) is 0.838. The zero-order chi connectivity index (χ0) is 9.97. The molecule has 1 unspecified atom stereocenters. The van der Waals surface area contributed by atoms with E-state index >= 15 is 0 Å². The van der Waals surface area contributed by atoms with Gasteiger partial charge in [0.15, 0.2) is 0 Å². The molecule has 3 nitrogen and oxygen atoms in total. The lowest BCUT2D eigenvalue weighted by molar-refractivity contribution is 0.767. The Kier molecular flexibility index (Phi) is 2.54. The Bertz CT molecular complexity index is 391. The van der Waals surface area contributed by atoms with Gasteiger partial charge >= 0.3 is 0 Å². The van der Waals surface area contributed by atoms with Crippen molar-refractivity contribution >= 4 is 17.0 Å². The number of nitrogens with zero attached hydrogens (tertiary/aromatic N) is 2. The number of nitrogens with one attached hydrogen (secondary N) is 1. The molecule has 0 aliphatic rings. The molecule has 1 atom stereocenters. The Morgan fingerprint density at radius 2 is 2.43 bits per heavy atom. The molecule has 2 rings (SSSR count). The summed E-state index contributed by atoms with van der Waals surface area (Å²) in [4.78, 5) is 0. The Morgan fingerprint density at radius 1 is 1.57 bits per heavy atom. The third-order valence-electron chi connectivity index (χ3n) is 2.13. The van der Waals surface area contributed by atoms with Gasteiger partial charge in [0, 0.05) is 19.3 Å². The Morgan fingerprint density at radius 3 is 3.00 bits per heavy atom. The third-order valence-corrected chi connectivity index (χ3v) is 2.83. The average Bonchev–Trinajstić information content (AvgIpc) is 2.75. The van der Waals surface area contributed by atoms with Gasteiger partial charge in [-0.1, -0.05) is 0 Å². The molecule has 2 aromatic heterocycles. The summed E-state index contributed by atoms with van der Waals surface area (Å²) in [6.45, 7) is 2.15. The molecule has 0 amide bonds. The van der Waals surface area contributed by atoms with Crippen LogP contribution in [0.25, 0.3) is 0 Å². The van der Waals surface area contributed by atoms with E-state index in [1.54, 1.807) is 16.0 Å². The van der Waals surface area contributed by atoms with Crippen LogP contribution in [-0.4, -0.2) is 9.78 Å². The van der Waals surface area contributed by atoms with Crippen molar-refractivity contribution in [3.63, 3.8) is 0 Å². The SMILES string of the molecule is CC(Nc1cnn(C)c1)c1ccsc1. The molecular weight excluding hydrogens is 194 g/mol. The van der Waals surface area contributed by atoms with Crippen molar-refractivity contribution in [2.45, 2.75) is 13.0 Å². The van der Waals surface area contributed by atoms with Crippen molar-refractivity contribution in [2.75, 3.05) is 5.32 Å². The van der Waals surface area contributed by atoms with E-state index < -0.39 is 0 Å². The molecule has 0 fully saturated rings. The zero-order valence-corrected chi connectivity index (χ0v) is 9.08. The highest BCUT2D eigenvalue weighted by molar-refractivity contribution is 7.07. The fourth-order valence-electron chi connectivity index (χ4n) is 1.35. The predicted octanol–water partition coefficient (Wildman–Crippen LogP) is 2.65. The van der Waals surface area contributed by atoms with E-state index in [4.69, 9.17) is 0 Å². The lowest BCUT2D eigenvalue weighted by atomic mass is 10.2. The van der Waals surface area contributed by atoms with E-state index in [-0.39, 0.29) is 0 Å². The minimum absolute atomic E-state index is 0.338. The Labute approximate surface area is 87.4 Å². The molecule has 74 valence electrons. The second-order valence-corrected chi connectivity index (χ2v) is 4.11. The molecule has 0 spiro atoms. The van der Waals surface area contributed by atoms with Gasteiger partial charge in [-0.25, -0.2) is 0 Å². The summed E-state index contributed by atoms with van der Waals surface area (Å²) in [7, 11) is 1.92. The van der Waals surface area contributed by atoms with Gasteiger partial charge in [-0.2, -0.15) is 16.4 Å². The van der Waals surface area contributed by atoms with Crippen LogP contribution in [-0.2, 0) is 7.05 Å². The molecule has 0 saturated heterocycles. The fraction of sp³-hybridized carbons (Fsp3) is 0.300. The number of aryl methyl sites for hydroxylation is 1. The van der Waals surface area contributed by atoms with Gasteiger partial charge in [0.1, 0.15) is 0 Å². The normalized spacial score (nSPS) is 12.7. The average molecular weight is 207 g/mol. The number of anilines is 1. The largest absolute Gasteiger partial charge is 0.376 e. The zero-order valence-electron chi connectivity index (χ0n) is 8.27. The highest BCUT2D eigenvalue weighted by atomic mass is 32.1. The van der Waals surface area contributed by atoms with Crippen LogP contribution in [0.5, 0.6) is 0 Å². The van der Waals surface area contributed by atoms with Crippen molar-refractivity contribution < 1.29 is 0 Å². The lowest BCUT2D eigenvalue weighted by Gasteiger charge is -2.11. The van der Waals surface area contributed by atoms with E-state index in [0.717, 1.165) is 5.69 Å². The Hall–Kier alpha value is -1.29. The van der Waals surface area contributed by atoms with Crippen LogP contribution in [0.1, 0.15) is 18.5 Å². The smallest absolute Gasteiger partial charge is 0.0731 e. The molecule has 0 aliphatic carbocycles. The maximum atomic E-state index is 4.11. The molecular formula is C10H13N3S. The molecule has 2 aromatic rings. The third kappa shape index (κ3) is 1.96. The second-order valence-electron chi connectivity index (χ2n) is 3.33. The van der Waals surface area contributed by atoms with Crippen LogP contribution in [0.15, 0.2) is 29.2 Å². The first kappa shape index (κ1) is 9.27. The summed E-state index contributed by atoms with van der Waals surface area (Å²) in [6, 6.07) is 2.48. The van der Waals surface area contributed by atoms with E-state index in [1.165, 1.54) is 5.56 Å². The maximum absolute atomic E-state index is 4.11. The molecule has 0 radical (unpaired) electrons. The first-order chi connectivity index (χ1) is 6.75. The lowest BCUT2D eigenvalue weighted by Crippen LogP contribution is -2.04. The van der Waals surface area contributed by atoms with Gasteiger partial charge in [-0.3, -0.25) is 4.68 Å². The first-order valence-corrected chi connectivity index (χ1v) is 5.47. The molecule has 0 aromatic carbocycles. The summed E-state index contributed by atoms with van der Waals surface area (Å²) < 4.78 is 1.79. The highest BCUT2D eigenvalue weighted by Gasteiger charge is 2.05. The minimum atomic E-state index is 0.338. The number of rotatable bonds is 3. The van der Waals surface area contributed by atoms with Crippen LogP contribution in [0.3, 0.4) is 0 Å². The monoisotopic (exact) mass is 207 g/mol. The van der Waals surface area contributed by atoms with Gasteiger partial charge in [0.25, 0.3) is 0 Å². The molecule has 0 saturated carbocycles. The molecule has 14 heavy (non-hydrogen) atoms. The van der Waals surface area contributed by atoms with E-state index in [2.05, 4.69) is 34.2 Å². The standard InChI is InChI=1S/C10H13N3S/c1-8(9-3-4-14-7-9)12-10-5-11-13(2)6-10/h3-8,12H,1-2H3. The number of hydrogen-bond donors (Lipinski definition) is 1. The molecule has 2 heterocycles. The number of thiophene rings is 1. The van der Waals surface area contributed by atoms with Crippen LogP contribution in [0, 0.1) is 0 Å². The topological polar surface area (TPSA) is 29.9 Å². The van der Waals surface area contributed by atoms with Crippen LogP contribution < -0.4 is 5.32 Å². The van der Waals surface area contributed by atoms with Gasteiger partial charge in [0.05, 0.1) is 11.9 Å². The Balaban J connectivity index is 2.05. The van der Waals surface area contributed by atoms with Crippen LogP contribution in [0.4, 0.5) is 5.69 Å².